The molecule has 0 heterocycles. The molecule has 0 aliphatic carbocycles. The Balaban J connectivity index is 3.47. The summed E-state index contributed by atoms with van der Waals surface area (Å²) in [6, 6.07) is 0.569. The average molecular weight is 113 g/mol. The van der Waals surface area contributed by atoms with Gasteiger partial charge < -0.3 is 4.90 Å². The molecule has 0 aromatic heterocycles. The lowest BCUT2D eigenvalue weighted by Gasteiger charge is -2.14. The maximum Gasteiger partial charge on any atom is 0.0243 e. The summed E-state index contributed by atoms with van der Waals surface area (Å²) in [7, 11) is 4.15. The molecule has 48 valence electrons. The van der Waals surface area contributed by atoms with E-state index >= 15 is 0 Å². The van der Waals surface area contributed by atoms with Gasteiger partial charge in [0, 0.05) is 6.04 Å². The summed E-state index contributed by atoms with van der Waals surface area (Å²) in [5, 5.41) is 0. The van der Waals surface area contributed by atoms with Gasteiger partial charge in [0.2, 0.25) is 0 Å². The van der Waals surface area contributed by atoms with Crippen molar-refractivity contribution in [2.24, 2.45) is 0 Å². The van der Waals surface area contributed by atoms with Gasteiger partial charge in [-0.3, -0.25) is 0 Å². The minimum atomic E-state index is 0.569. The molecule has 0 aromatic carbocycles. The molecule has 0 fully saturated rings. The van der Waals surface area contributed by atoms with Gasteiger partial charge in [0.1, 0.15) is 0 Å². The first-order valence-electron chi connectivity index (χ1n) is 2.97. The Morgan fingerprint density at radius 2 is 1.88 bits per heavy atom. The van der Waals surface area contributed by atoms with Crippen molar-refractivity contribution >= 4 is 0 Å². The van der Waals surface area contributed by atoms with Gasteiger partial charge in [0.25, 0.3) is 0 Å². The lowest BCUT2D eigenvalue weighted by Crippen LogP contribution is -2.21. The second-order valence-electron chi connectivity index (χ2n) is 2.23. The van der Waals surface area contributed by atoms with Gasteiger partial charge in [-0.2, -0.15) is 0 Å². The van der Waals surface area contributed by atoms with E-state index in [0.29, 0.717) is 6.04 Å². The van der Waals surface area contributed by atoms with Crippen molar-refractivity contribution in [3.63, 3.8) is 0 Å². The van der Waals surface area contributed by atoms with Crippen LogP contribution in [0.25, 0.3) is 0 Å². The first kappa shape index (κ1) is 7.70. The van der Waals surface area contributed by atoms with Crippen molar-refractivity contribution in [1.29, 1.82) is 0 Å². The highest BCUT2D eigenvalue weighted by atomic mass is 15.1. The van der Waals surface area contributed by atoms with Crippen LogP contribution < -0.4 is 0 Å². The zero-order valence-corrected chi connectivity index (χ0v) is 6.18. The minimum absolute atomic E-state index is 0.569. The van der Waals surface area contributed by atoms with Crippen molar-refractivity contribution in [3.8, 4) is 0 Å². The summed E-state index contributed by atoms with van der Waals surface area (Å²) in [6.07, 6.45) is 4.24. The van der Waals surface area contributed by atoms with Gasteiger partial charge in [-0.05, 0) is 27.9 Å². The first-order valence-corrected chi connectivity index (χ1v) is 2.97. The molecule has 0 bridgehead atoms. The third-order valence-corrected chi connectivity index (χ3v) is 1.29. The number of rotatable bonds is 2. The molecule has 0 N–H and O–H groups in total. The van der Waals surface area contributed by atoms with Crippen LogP contribution in [0.5, 0.6) is 0 Å². The molecule has 0 radical (unpaired) electrons. The predicted octanol–water partition coefficient (Wildman–Crippen LogP) is 1.51. The summed E-state index contributed by atoms with van der Waals surface area (Å²) in [6.45, 7) is 4.21. The Kier molecular flexibility index (Phi) is 3.53. The molecule has 0 saturated heterocycles. The van der Waals surface area contributed by atoms with Crippen LogP contribution in [0.1, 0.15) is 13.8 Å². The molecule has 1 unspecified atom stereocenters. The topological polar surface area (TPSA) is 3.24 Å². The van der Waals surface area contributed by atoms with Crippen LogP contribution in [0.2, 0.25) is 0 Å². The molecule has 8 heavy (non-hydrogen) atoms. The minimum Gasteiger partial charge on any atom is -0.303 e. The molecule has 1 nitrogen and oxygen atoms in total. The number of allylic oxidation sites excluding steroid dienone is 1. The number of nitrogens with zero attached hydrogens (tertiary/aromatic N) is 1. The van der Waals surface area contributed by atoms with Gasteiger partial charge in [-0.15, -0.1) is 0 Å². The molecular formula is C7H15N. The van der Waals surface area contributed by atoms with Crippen molar-refractivity contribution in [2.75, 3.05) is 14.1 Å². The van der Waals surface area contributed by atoms with E-state index in [1.807, 2.05) is 6.92 Å². The third kappa shape index (κ3) is 2.80. The largest absolute Gasteiger partial charge is 0.303 e. The fraction of sp³-hybridized carbons (Fsp3) is 0.714. The van der Waals surface area contributed by atoms with E-state index in [4.69, 9.17) is 0 Å². The van der Waals surface area contributed by atoms with E-state index in [9.17, 15) is 0 Å². The predicted molar refractivity (Wildman–Crippen MR) is 38.0 cm³/mol. The molecule has 0 amide bonds. The zero-order valence-electron chi connectivity index (χ0n) is 6.18. The second kappa shape index (κ2) is 3.67. The van der Waals surface area contributed by atoms with E-state index in [0.717, 1.165) is 0 Å². The first-order chi connectivity index (χ1) is 3.68. The Bertz CT molecular complexity index is 74.5. The highest BCUT2D eigenvalue weighted by molar-refractivity contribution is 4.87. The van der Waals surface area contributed by atoms with Gasteiger partial charge in [0.15, 0.2) is 0 Å². The normalized spacial score (nSPS) is 15.6. The molecule has 0 aromatic rings. The highest BCUT2D eigenvalue weighted by Gasteiger charge is 1.94. The molecular weight excluding hydrogens is 98.1 g/mol. The number of likely N-dealkylation sites (N-methyl/N-ethyl adjacent to an activating group) is 1. The van der Waals surface area contributed by atoms with E-state index in [-0.39, 0.29) is 0 Å². The molecule has 0 aliphatic rings. The SMILES string of the molecule is C/C=C\C(C)N(C)C. The fourth-order valence-corrected chi connectivity index (χ4v) is 0.451. The second-order valence-corrected chi connectivity index (χ2v) is 2.23. The van der Waals surface area contributed by atoms with Crippen LogP contribution in [0, 0.1) is 0 Å². The van der Waals surface area contributed by atoms with Crippen LogP contribution in [0.3, 0.4) is 0 Å². The van der Waals surface area contributed by atoms with Crippen molar-refractivity contribution in [2.45, 2.75) is 19.9 Å². The average Bonchev–Trinajstić information content (AvgIpc) is 1.67. The standard InChI is InChI=1S/C7H15N/c1-5-6-7(2)8(3)4/h5-7H,1-4H3/b6-5-. The summed E-state index contributed by atoms with van der Waals surface area (Å²) in [5.41, 5.74) is 0. The molecule has 0 aliphatic heterocycles. The molecule has 0 saturated carbocycles. The smallest absolute Gasteiger partial charge is 0.0243 e. The number of hydrogen-bond donors (Lipinski definition) is 0. The molecule has 1 atom stereocenters. The maximum absolute atomic E-state index is 2.17. The van der Waals surface area contributed by atoms with E-state index < -0.39 is 0 Å². The van der Waals surface area contributed by atoms with Crippen LogP contribution in [0.4, 0.5) is 0 Å². The Morgan fingerprint density at radius 3 is 2.00 bits per heavy atom. The summed E-state index contributed by atoms with van der Waals surface area (Å²) in [5.74, 6) is 0. The van der Waals surface area contributed by atoms with Crippen LogP contribution >= 0.6 is 0 Å². The quantitative estimate of drug-likeness (QED) is 0.491. The van der Waals surface area contributed by atoms with Gasteiger partial charge in [-0.25, -0.2) is 0 Å². The summed E-state index contributed by atoms with van der Waals surface area (Å²) in [4.78, 5) is 2.17. The van der Waals surface area contributed by atoms with Crippen LogP contribution in [0.15, 0.2) is 12.2 Å². The highest BCUT2D eigenvalue weighted by Crippen LogP contribution is 1.91. The lowest BCUT2D eigenvalue weighted by atomic mass is 10.3. The zero-order chi connectivity index (χ0) is 6.57. The summed E-state index contributed by atoms with van der Waals surface area (Å²) < 4.78 is 0. The monoisotopic (exact) mass is 113 g/mol. The van der Waals surface area contributed by atoms with E-state index in [2.05, 4.69) is 38.1 Å². The fourth-order valence-electron chi connectivity index (χ4n) is 0.451. The van der Waals surface area contributed by atoms with Crippen molar-refractivity contribution < 1.29 is 0 Å². The van der Waals surface area contributed by atoms with Crippen molar-refractivity contribution in [1.82, 2.24) is 4.90 Å². The van der Waals surface area contributed by atoms with Gasteiger partial charge in [-0.1, -0.05) is 12.2 Å². The molecule has 1 heteroatoms. The van der Waals surface area contributed by atoms with Crippen LogP contribution in [-0.2, 0) is 0 Å². The Hall–Kier alpha value is -0.300. The van der Waals surface area contributed by atoms with Crippen LogP contribution in [-0.4, -0.2) is 25.0 Å². The molecule has 0 rings (SSSR count). The van der Waals surface area contributed by atoms with E-state index in [1.165, 1.54) is 0 Å². The Labute approximate surface area is 52.0 Å². The van der Waals surface area contributed by atoms with Crippen molar-refractivity contribution in [3.05, 3.63) is 12.2 Å². The van der Waals surface area contributed by atoms with Gasteiger partial charge >= 0.3 is 0 Å². The third-order valence-electron chi connectivity index (χ3n) is 1.29. The number of hydrogen-bond acceptors (Lipinski definition) is 1. The van der Waals surface area contributed by atoms with E-state index in [1.54, 1.807) is 0 Å². The lowest BCUT2D eigenvalue weighted by molar-refractivity contribution is 0.364. The Morgan fingerprint density at radius 1 is 1.38 bits per heavy atom. The summed E-state index contributed by atoms with van der Waals surface area (Å²) >= 11 is 0. The van der Waals surface area contributed by atoms with Gasteiger partial charge in [0.05, 0.1) is 0 Å². The molecule has 0 spiro atoms. The maximum atomic E-state index is 2.17.